The first-order valence-corrected chi connectivity index (χ1v) is 9.54. The molecule has 158 valence electrons. The van der Waals surface area contributed by atoms with Gasteiger partial charge in [0.15, 0.2) is 0 Å². The van der Waals surface area contributed by atoms with Gasteiger partial charge in [0, 0.05) is 17.7 Å². The fourth-order valence-electron chi connectivity index (χ4n) is 3.56. The van der Waals surface area contributed by atoms with Crippen molar-refractivity contribution >= 4 is 11.6 Å². The van der Waals surface area contributed by atoms with Crippen LogP contribution in [0.2, 0.25) is 5.02 Å². The zero-order valence-corrected chi connectivity index (χ0v) is 16.9. The van der Waals surface area contributed by atoms with Crippen LogP contribution < -0.4 is 4.74 Å². The van der Waals surface area contributed by atoms with Crippen LogP contribution in [0.25, 0.3) is 0 Å². The number of ether oxygens (including phenoxy) is 3. The van der Waals surface area contributed by atoms with Crippen LogP contribution in [-0.4, -0.2) is 65.7 Å². The van der Waals surface area contributed by atoms with Crippen molar-refractivity contribution in [2.75, 3.05) is 20.8 Å². The molecule has 3 rings (SSSR count). The Morgan fingerprint density at radius 3 is 2.31 bits per heavy atom. The van der Waals surface area contributed by atoms with Crippen molar-refractivity contribution in [3.8, 4) is 5.75 Å². The van der Waals surface area contributed by atoms with E-state index in [1.54, 1.807) is 25.3 Å². The summed E-state index contributed by atoms with van der Waals surface area (Å²) in [6.45, 7) is -0.553. The number of hydrogen-bond donors (Lipinski definition) is 4. The molecular weight excluding hydrogens is 400 g/mol. The van der Waals surface area contributed by atoms with Crippen LogP contribution in [0, 0.1) is 0 Å². The minimum Gasteiger partial charge on any atom is -0.497 e. The molecule has 8 heteroatoms. The van der Waals surface area contributed by atoms with Crippen LogP contribution in [0.4, 0.5) is 0 Å². The molecule has 0 aromatic heterocycles. The average molecular weight is 425 g/mol. The molecule has 0 radical (unpaired) electrons. The predicted molar refractivity (Wildman–Crippen MR) is 106 cm³/mol. The van der Waals surface area contributed by atoms with Gasteiger partial charge in [0.05, 0.1) is 13.7 Å². The van der Waals surface area contributed by atoms with Gasteiger partial charge in [-0.25, -0.2) is 0 Å². The van der Waals surface area contributed by atoms with E-state index in [9.17, 15) is 20.4 Å². The summed E-state index contributed by atoms with van der Waals surface area (Å²) < 4.78 is 16.4. The number of hydrogen-bond acceptors (Lipinski definition) is 7. The van der Waals surface area contributed by atoms with Crippen LogP contribution in [0.3, 0.4) is 0 Å². The molecule has 1 heterocycles. The van der Waals surface area contributed by atoms with Crippen LogP contribution in [-0.2, 0) is 21.7 Å². The van der Waals surface area contributed by atoms with Crippen LogP contribution in [0.5, 0.6) is 5.75 Å². The van der Waals surface area contributed by atoms with Gasteiger partial charge in [0.1, 0.15) is 30.2 Å². The third-order valence-corrected chi connectivity index (χ3v) is 5.62. The first kappa shape index (κ1) is 22.0. The Morgan fingerprint density at radius 1 is 1.03 bits per heavy atom. The van der Waals surface area contributed by atoms with Crippen molar-refractivity contribution in [2.24, 2.45) is 0 Å². The topological polar surface area (TPSA) is 109 Å². The number of aliphatic hydroxyl groups is 4. The fraction of sp³-hybridized carbons (Fsp3) is 0.429. The summed E-state index contributed by atoms with van der Waals surface area (Å²) in [5.74, 6) is -1.03. The molecule has 1 aliphatic rings. The standard InChI is InChI=1S/C21H25ClO7/c1-27-15-6-3-12(4-7-15)9-13-10-14(5-8-16(13)22)21(28-2)20(26)19(25)18(24)17(11-23)29-21/h3-8,10,17-20,23-26H,9,11H2,1-2H3/t17-,18-,19+,20-,21+/m1/s1. The Hall–Kier alpha value is -1.71. The minimum atomic E-state index is -1.77. The van der Waals surface area contributed by atoms with Gasteiger partial charge in [-0.3, -0.25) is 0 Å². The molecule has 5 atom stereocenters. The van der Waals surface area contributed by atoms with Crippen LogP contribution in [0.1, 0.15) is 16.7 Å². The van der Waals surface area contributed by atoms with Gasteiger partial charge in [0.25, 0.3) is 0 Å². The van der Waals surface area contributed by atoms with E-state index in [-0.39, 0.29) is 0 Å². The molecule has 0 bridgehead atoms. The van der Waals surface area contributed by atoms with E-state index in [1.165, 1.54) is 7.11 Å². The lowest BCUT2D eigenvalue weighted by Crippen LogP contribution is -2.64. The highest BCUT2D eigenvalue weighted by Gasteiger charge is 2.55. The third-order valence-electron chi connectivity index (χ3n) is 5.26. The summed E-state index contributed by atoms with van der Waals surface area (Å²) in [6.07, 6.45) is -5.23. The molecule has 2 aromatic carbocycles. The van der Waals surface area contributed by atoms with Gasteiger partial charge in [0.2, 0.25) is 5.79 Å². The summed E-state index contributed by atoms with van der Waals surface area (Å²) >= 11 is 6.38. The SMILES string of the molecule is COc1ccc(Cc2cc([C@]3(OC)O[C@H](CO)[C@@H](O)[C@H](O)[C@H]3O)ccc2Cl)cc1. The molecule has 0 saturated carbocycles. The first-order chi connectivity index (χ1) is 13.9. The highest BCUT2D eigenvalue weighted by atomic mass is 35.5. The lowest BCUT2D eigenvalue weighted by molar-refractivity contribution is -0.366. The molecule has 1 fully saturated rings. The van der Waals surface area contributed by atoms with Crippen molar-refractivity contribution < 1.29 is 34.6 Å². The summed E-state index contributed by atoms with van der Waals surface area (Å²) in [5, 5.41) is 41.0. The largest absolute Gasteiger partial charge is 0.497 e. The Balaban J connectivity index is 1.97. The molecular formula is C21H25ClO7. The number of benzene rings is 2. The van der Waals surface area contributed by atoms with Crippen molar-refractivity contribution in [1.29, 1.82) is 0 Å². The zero-order valence-electron chi connectivity index (χ0n) is 16.2. The van der Waals surface area contributed by atoms with E-state index in [0.717, 1.165) is 16.9 Å². The van der Waals surface area contributed by atoms with E-state index in [1.807, 2.05) is 24.3 Å². The first-order valence-electron chi connectivity index (χ1n) is 9.16. The summed E-state index contributed by atoms with van der Waals surface area (Å²) in [7, 11) is 2.92. The van der Waals surface area contributed by atoms with E-state index in [0.29, 0.717) is 17.0 Å². The molecule has 29 heavy (non-hydrogen) atoms. The molecule has 1 saturated heterocycles. The summed E-state index contributed by atoms with van der Waals surface area (Å²) in [4.78, 5) is 0. The third kappa shape index (κ3) is 4.13. The molecule has 0 spiro atoms. The number of aliphatic hydroxyl groups excluding tert-OH is 4. The van der Waals surface area contributed by atoms with E-state index in [4.69, 9.17) is 25.8 Å². The second-order valence-electron chi connectivity index (χ2n) is 6.97. The van der Waals surface area contributed by atoms with Gasteiger partial charge in [-0.05, 0) is 41.8 Å². The highest BCUT2D eigenvalue weighted by molar-refractivity contribution is 6.31. The smallest absolute Gasteiger partial charge is 0.224 e. The molecule has 1 aliphatic heterocycles. The van der Waals surface area contributed by atoms with Gasteiger partial charge in [-0.2, -0.15) is 0 Å². The van der Waals surface area contributed by atoms with Gasteiger partial charge in [-0.1, -0.05) is 29.8 Å². The van der Waals surface area contributed by atoms with Crippen LogP contribution in [0.15, 0.2) is 42.5 Å². The van der Waals surface area contributed by atoms with Crippen molar-refractivity contribution in [2.45, 2.75) is 36.6 Å². The lowest BCUT2D eigenvalue weighted by atomic mass is 9.87. The predicted octanol–water partition coefficient (Wildman–Crippen LogP) is 1.21. The minimum absolute atomic E-state index is 0.407. The Labute approximate surface area is 174 Å². The van der Waals surface area contributed by atoms with E-state index < -0.39 is 36.8 Å². The molecule has 0 amide bonds. The Bertz CT molecular complexity index is 826. The summed E-state index contributed by atoms with van der Waals surface area (Å²) in [6, 6.07) is 12.5. The van der Waals surface area contributed by atoms with Gasteiger partial charge < -0.3 is 34.6 Å². The van der Waals surface area contributed by atoms with Crippen molar-refractivity contribution in [1.82, 2.24) is 0 Å². The monoisotopic (exact) mass is 424 g/mol. The zero-order chi connectivity index (χ0) is 21.2. The number of halogens is 1. The van der Waals surface area contributed by atoms with Crippen molar-refractivity contribution in [3.63, 3.8) is 0 Å². The molecule has 2 aromatic rings. The Morgan fingerprint density at radius 2 is 1.72 bits per heavy atom. The maximum atomic E-state index is 10.6. The molecule has 4 N–H and O–H groups in total. The second kappa shape index (κ2) is 8.97. The Kier molecular flexibility index (Phi) is 6.80. The maximum Gasteiger partial charge on any atom is 0.224 e. The lowest BCUT2D eigenvalue weighted by Gasteiger charge is -2.47. The fourth-order valence-corrected chi connectivity index (χ4v) is 3.74. The second-order valence-corrected chi connectivity index (χ2v) is 7.37. The van der Waals surface area contributed by atoms with Gasteiger partial charge in [-0.15, -0.1) is 0 Å². The van der Waals surface area contributed by atoms with Crippen molar-refractivity contribution in [3.05, 3.63) is 64.2 Å². The molecule has 0 unspecified atom stereocenters. The quantitative estimate of drug-likeness (QED) is 0.552. The van der Waals surface area contributed by atoms with Crippen LogP contribution >= 0.6 is 11.6 Å². The number of rotatable bonds is 6. The normalized spacial score (nSPS) is 29.6. The van der Waals surface area contributed by atoms with E-state index >= 15 is 0 Å². The number of methoxy groups -OCH3 is 2. The average Bonchev–Trinajstić information content (AvgIpc) is 2.75. The highest BCUT2D eigenvalue weighted by Crippen LogP contribution is 2.40. The van der Waals surface area contributed by atoms with Gasteiger partial charge >= 0.3 is 0 Å². The van der Waals surface area contributed by atoms with E-state index in [2.05, 4.69) is 0 Å². The summed E-state index contributed by atoms with van der Waals surface area (Å²) in [5.41, 5.74) is 2.15. The maximum absolute atomic E-state index is 10.6. The molecule has 7 nitrogen and oxygen atoms in total. The molecule has 0 aliphatic carbocycles.